The van der Waals surface area contributed by atoms with Crippen LogP contribution in [0, 0.1) is 11.3 Å². The minimum Gasteiger partial charge on any atom is -0.350 e. The first-order chi connectivity index (χ1) is 6.74. The summed E-state index contributed by atoms with van der Waals surface area (Å²) >= 11 is 10.6. The first-order valence-corrected chi connectivity index (χ1v) is 5.70. The maximum Gasteiger partial charge on any atom is 0.133 e. The molecule has 1 heterocycles. The number of nitriles is 1. The van der Waals surface area contributed by atoms with Crippen LogP contribution in [0.3, 0.4) is 0 Å². The van der Waals surface area contributed by atoms with Crippen molar-refractivity contribution in [2.45, 2.75) is 13.0 Å². The molecule has 14 heavy (non-hydrogen) atoms. The predicted molar refractivity (Wildman–Crippen MR) is 64.3 cm³/mol. The summed E-state index contributed by atoms with van der Waals surface area (Å²) < 4.78 is 0.510. The van der Waals surface area contributed by atoms with Gasteiger partial charge in [0, 0.05) is 18.1 Å². The molecule has 1 aromatic heterocycles. The van der Waals surface area contributed by atoms with E-state index in [1.165, 1.54) is 0 Å². The van der Waals surface area contributed by atoms with Crippen LogP contribution in [-0.2, 0) is 6.54 Å². The molecular weight excluding hydrogens is 234 g/mol. The number of thiol groups is 1. The number of rotatable bonds is 4. The fourth-order valence-electron chi connectivity index (χ4n) is 0.922. The Morgan fingerprint density at radius 3 is 3.07 bits per heavy atom. The van der Waals surface area contributed by atoms with Crippen LogP contribution in [-0.4, -0.2) is 20.7 Å². The van der Waals surface area contributed by atoms with Gasteiger partial charge in [-0.2, -0.15) is 5.26 Å². The van der Waals surface area contributed by atoms with Gasteiger partial charge in [-0.1, -0.05) is 12.2 Å². The molecule has 1 rings (SSSR count). The minimum atomic E-state index is 0.450. The Bertz CT molecular complexity index is 328. The number of nitrogens with zero attached hydrogens (tertiary/aromatic N) is 3. The minimum absolute atomic E-state index is 0.450. The van der Waals surface area contributed by atoms with Crippen LogP contribution in [0.15, 0.2) is 11.6 Å². The van der Waals surface area contributed by atoms with Gasteiger partial charge in [0.2, 0.25) is 0 Å². The number of thiocarbonyl (C=S) groups is 1. The van der Waals surface area contributed by atoms with E-state index in [0.717, 1.165) is 5.01 Å². The lowest BCUT2D eigenvalue weighted by atomic mass is 10.4. The van der Waals surface area contributed by atoms with E-state index < -0.39 is 0 Å². The first-order valence-electron chi connectivity index (χ1n) is 3.97. The second-order valence-electron chi connectivity index (χ2n) is 2.54. The topological polar surface area (TPSA) is 39.9 Å². The Morgan fingerprint density at radius 2 is 2.57 bits per heavy atom. The zero-order chi connectivity index (χ0) is 10.4. The van der Waals surface area contributed by atoms with Crippen LogP contribution >= 0.6 is 36.2 Å². The molecule has 1 aromatic rings. The van der Waals surface area contributed by atoms with Crippen molar-refractivity contribution >= 4 is 40.5 Å². The van der Waals surface area contributed by atoms with Crippen LogP contribution in [0.4, 0.5) is 0 Å². The second kappa shape index (κ2) is 5.96. The predicted octanol–water partition coefficient (Wildman–Crippen LogP) is 2.07. The van der Waals surface area contributed by atoms with Crippen LogP contribution < -0.4 is 0 Å². The van der Waals surface area contributed by atoms with Gasteiger partial charge < -0.3 is 4.90 Å². The largest absolute Gasteiger partial charge is 0.350 e. The van der Waals surface area contributed by atoms with E-state index >= 15 is 0 Å². The van der Waals surface area contributed by atoms with E-state index in [1.807, 2.05) is 10.3 Å². The molecule has 0 aliphatic carbocycles. The van der Waals surface area contributed by atoms with E-state index in [4.69, 9.17) is 17.5 Å². The Balaban J connectivity index is 2.52. The molecular formula is C8H9N3S3. The molecule has 3 nitrogen and oxygen atoms in total. The van der Waals surface area contributed by atoms with Crippen LogP contribution in [0.2, 0.25) is 0 Å². The van der Waals surface area contributed by atoms with Crippen molar-refractivity contribution in [3.05, 3.63) is 16.6 Å². The number of thiazole rings is 1. The zero-order valence-corrected chi connectivity index (χ0v) is 9.91. The van der Waals surface area contributed by atoms with Gasteiger partial charge in [-0.3, -0.25) is 0 Å². The third-order valence-corrected chi connectivity index (χ3v) is 2.88. The SMILES string of the molecule is N#CCCN(Cc1nccs1)C(=S)S. The number of aromatic nitrogens is 1. The van der Waals surface area contributed by atoms with Crippen LogP contribution in [0.5, 0.6) is 0 Å². The third-order valence-electron chi connectivity index (χ3n) is 1.57. The molecule has 6 heteroatoms. The molecule has 0 bridgehead atoms. The lowest BCUT2D eigenvalue weighted by molar-refractivity contribution is 0.436. The van der Waals surface area contributed by atoms with Gasteiger partial charge in [-0.15, -0.1) is 24.0 Å². The highest BCUT2D eigenvalue weighted by atomic mass is 32.1. The Kier molecular flexibility index (Phi) is 4.87. The van der Waals surface area contributed by atoms with Gasteiger partial charge in [0.15, 0.2) is 0 Å². The van der Waals surface area contributed by atoms with Crippen molar-refractivity contribution in [2.75, 3.05) is 6.54 Å². The molecule has 0 spiro atoms. The van der Waals surface area contributed by atoms with Crippen LogP contribution in [0.1, 0.15) is 11.4 Å². The maximum absolute atomic E-state index is 8.47. The molecule has 0 aliphatic heterocycles. The second-order valence-corrected chi connectivity index (χ2v) is 4.63. The van der Waals surface area contributed by atoms with E-state index in [-0.39, 0.29) is 0 Å². The van der Waals surface area contributed by atoms with Gasteiger partial charge in [-0.25, -0.2) is 4.98 Å². The molecule has 0 saturated carbocycles. The molecule has 0 amide bonds. The zero-order valence-electron chi connectivity index (χ0n) is 7.38. The quantitative estimate of drug-likeness (QED) is 0.649. The fourth-order valence-corrected chi connectivity index (χ4v) is 1.88. The lowest BCUT2D eigenvalue weighted by Gasteiger charge is -2.19. The van der Waals surface area contributed by atoms with Crippen molar-refractivity contribution in [1.82, 2.24) is 9.88 Å². The summed E-state index contributed by atoms with van der Waals surface area (Å²) in [6.07, 6.45) is 2.20. The number of hydrogen-bond acceptors (Lipinski definition) is 4. The normalized spacial score (nSPS) is 9.43. The Labute approximate surface area is 97.8 Å². The molecule has 0 radical (unpaired) electrons. The third kappa shape index (κ3) is 3.62. The van der Waals surface area contributed by atoms with Gasteiger partial charge in [0.05, 0.1) is 19.0 Å². The monoisotopic (exact) mass is 243 g/mol. The van der Waals surface area contributed by atoms with Gasteiger partial charge >= 0.3 is 0 Å². The summed E-state index contributed by atoms with van der Waals surface area (Å²) in [5.41, 5.74) is 0. The molecule has 0 N–H and O–H groups in total. The molecule has 0 fully saturated rings. The maximum atomic E-state index is 8.47. The average molecular weight is 243 g/mol. The van der Waals surface area contributed by atoms with E-state index in [0.29, 0.717) is 23.8 Å². The summed E-state index contributed by atoms with van der Waals surface area (Å²) in [5, 5.41) is 11.4. The first kappa shape index (κ1) is 11.4. The van der Waals surface area contributed by atoms with Gasteiger partial charge in [0.25, 0.3) is 0 Å². The Morgan fingerprint density at radius 1 is 1.79 bits per heavy atom. The van der Waals surface area contributed by atoms with Crippen molar-refractivity contribution < 1.29 is 0 Å². The molecule has 0 aliphatic rings. The number of hydrogen-bond donors (Lipinski definition) is 1. The van der Waals surface area contributed by atoms with Crippen LogP contribution in [0.25, 0.3) is 0 Å². The molecule has 0 atom stereocenters. The molecule has 0 aromatic carbocycles. The standard InChI is InChI=1S/C8H9N3S3/c9-2-1-4-11(8(12)13)6-7-10-3-5-14-7/h3,5H,1,4,6H2,(H,12,13). The van der Waals surface area contributed by atoms with Crippen molar-refractivity contribution in [2.24, 2.45) is 0 Å². The Hall–Kier alpha value is -0.640. The summed E-state index contributed by atoms with van der Waals surface area (Å²) in [4.78, 5) is 6.01. The highest BCUT2D eigenvalue weighted by Crippen LogP contribution is 2.10. The molecule has 0 saturated heterocycles. The van der Waals surface area contributed by atoms with E-state index in [1.54, 1.807) is 17.5 Å². The van der Waals surface area contributed by atoms with Crippen molar-refractivity contribution in [1.29, 1.82) is 5.26 Å². The lowest BCUT2D eigenvalue weighted by Crippen LogP contribution is -2.26. The molecule has 0 unspecified atom stereocenters. The summed E-state index contributed by atoms with van der Waals surface area (Å²) in [5.74, 6) is 0. The van der Waals surface area contributed by atoms with Crippen molar-refractivity contribution in [3.63, 3.8) is 0 Å². The summed E-state index contributed by atoms with van der Waals surface area (Å²) in [6, 6.07) is 2.08. The molecule has 74 valence electrons. The van der Waals surface area contributed by atoms with Crippen molar-refractivity contribution in [3.8, 4) is 6.07 Å². The van der Waals surface area contributed by atoms with E-state index in [2.05, 4.69) is 23.7 Å². The smallest absolute Gasteiger partial charge is 0.133 e. The summed E-state index contributed by atoms with van der Waals surface area (Å²) in [6.45, 7) is 1.25. The van der Waals surface area contributed by atoms with Gasteiger partial charge in [-0.05, 0) is 0 Å². The average Bonchev–Trinajstić information content (AvgIpc) is 2.64. The summed E-state index contributed by atoms with van der Waals surface area (Å²) in [7, 11) is 0. The fraction of sp³-hybridized carbons (Fsp3) is 0.375. The van der Waals surface area contributed by atoms with E-state index in [9.17, 15) is 0 Å². The highest BCUT2D eigenvalue weighted by Gasteiger charge is 2.07. The van der Waals surface area contributed by atoms with Gasteiger partial charge in [0.1, 0.15) is 9.33 Å². The highest BCUT2D eigenvalue weighted by molar-refractivity contribution is 8.10.